The summed E-state index contributed by atoms with van der Waals surface area (Å²) in [6, 6.07) is 8.44. The number of benzene rings is 2. The Balaban J connectivity index is 1.76. The van der Waals surface area contributed by atoms with E-state index in [-0.39, 0.29) is 18.5 Å². The lowest BCUT2D eigenvalue weighted by atomic mass is 10.1. The molecule has 0 spiro atoms. The second-order valence-electron chi connectivity index (χ2n) is 7.18. The first-order valence-corrected chi connectivity index (χ1v) is 9.71. The molecule has 0 atom stereocenters. The van der Waals surface area contributed by atoms with Crippen LogP contribution in [0.25, 0.3) is 6.08 Å². The second-order valence-corrected chi connectivity index (χ2v) is 7.18. The summed E-state index contributed by atoms with van der Waals surface area (Å²) in [7, 11) is 4.53. The smallest absolute Gasteiger partial charge is 0.416 e. The number of alkyl halides is 3. The monoisotopic (exact) mass is 435 g/mol. The molecule has 0 bridgehead atoms. The Morgan fingerprint density at radius 2 is 1.61 bits per heavy atom. The van der Waals surface area contributed by atoms with Gasteiger partial charge < -0.3 is 19.1 Å². The molecule has 0 aromatic heterocycles. The molecular weight excluding hydrogens is 411 g/mol. The molecule has 5 nitrogen and oxygen atoms in total. The molecule has 1 aliphatic carbocycles. The minimum atomic E-state index is -4.38. The maximum absolute atomic E-state index is 12.8. The fourth-order valence-corrected chi connectivity index (χ4v) is 3.23. The highest BCUT2D eigenvalue weighted by Crippen LogP contribution is 2.38. The Hall–Kier alpha value is -3.16. The summed E-state index contributed by atoms with van der Waals surface area (Å²) in [4.78, 5) is 14.5. The summed E-state index contributed by atoms with van der Waals surface area (Å²) in [6.45, 7) is 0.251. The topological polar surface area (TPSA) is 48.0 Å². The summed E-state index contributed by atoms with van der Waals surface area (Å²) in [6.07, 6.45) is 0.473. The van der Waals surface area contributed by atoms with E-state index >= 15 is 0 Å². The molecule has 1 amide bonds. The minimum Gasteiger partial charge on any atom is -0.493 e. The summed E-state index contributed by atoms with van der Waals surface area (Å²) in [5, 5.41) is 0. The van der Waals surface area contributed by atoms with E-state index in [1.54, 1.807) is 23.1 Å². The molecule has 0 unspecified atom stereocenters. The van der Waals surface area contributed by atoms with Crippen LogP contribution in [0.4, 0.5) is 13.2 Å². The Labute approximate surface area is 179 Å². The molecule has 2 aromatic carbocycles. The maximum atomic E-state index is 12.8. The van der Waals surface area contributed by atoms with Crippen molar-refractivity contribution in [2.45, 2.75) is 31.6 Å². The molecule has 0 saturated heterocycles. The quantitative estimate of drug-likeness (QED) is 0.552. The number of methoxy groups -OCH3 is 3. The van der Waals surface area contributed by atoms with E-state index in [0.29, 0.717) is 28.4 Å². The SMILES string of the molecule is COc1cc(/C=C/C(=O)N(Cc2ccc(C(F)(F)F)cc2)C2CC2)cc(OC)c1OC. The third kappa shape index (κ3) is 5.51. The standard InChI is InChI=1S/C23H24F3NO4/c1-29-19-12-16(13-20(30-2)22(19)31-3)6-11-21(28)27(18-9-10-18)14-15-4-7-17(8-5-15)23(24,25)26/h4-8,11-13,18H,9-10,14H2,1-3H3/b11-6+. The van der Waals surface area contributed by atoms with Crippen LogP contribution >= 0.6 is 0 Å². The molecule has 166 valence electrons. The van der Waals surface area contributed by atoms with E-state index in [1.165, 1.54) is 39.5 Å². The van der Waals surface area contributed by atoms with Gasteiger partial charge in [-0.1, -0.05) is 12.1 Å². The van der Waals surface area contributed by atoms with E-state index in [2.05, 4.69) is 0 Å². The molecular formula is C23H24F3NO4. The van der Waals surface area contributed by atoms with Gasteiger partial charge in [0.15, 0.2) is 11.5 Å². The summed E-state index contributed by atoms with van der Waals surface area (Å²) < 4.78 is 54.2. The Kier molecular flexibility index (Phi) is 6.77. The van der Waals surface area contributed by atoms with Gasteiger partial charge in [-0.15, -0.1) is 0 Å². The molecule has 0 aliphatic heterocycles. The largest absolute Gasteiger partial charge is 0.493 e. The van der Waals surface area contributed by atoms with Gasteiger partial charge in [0, 0.05) is 18.7 Å². The van der Waals surface area contributed by atoms with Crippen LogP contribution in [0.2, 0.25) is 0 Å². The first-order chi connectivity index (χ1) is 14.8. The number of carbonyl (C=O) groups excluding carboxylic acids is 1. The van der Waals surface area contributed by atoms with Gasteiger partial charge in [0.2, 0.25) is 11.7 Å². The average molecular weight is 435 g/mol. The lowest BCUT2D eigenvalue weighted by molar-refractivity contribution is -0.137. The molecule has 3 rings (SSSR count). The van der Waals surface area contributed by atoms with Gasteiger partial charge in [-0.2, -0.15) is 13.2 Å². The van der Waals surface area contributed by atoms with Crippen molar-refractivity contribution in [3.63, 3.8) is 0 Å². The summed E-state index contributed by atoms with van der Waals surface area (Å²) in [5.74, 6) is 1.18. The third-order valence-corrected chi connectivity index (χ3v) is 5.01. The maximum Gasteiger partial charge on any atom is 0.416 e. The van der Waals surface area contributed by atoms with Gasteiger partial charge in [-0.25, -0.2) is 0 Å². The zero-order chi connectivity index (χ0) is 22.6. The molecule has 1 aliphatic rings. The van der Waals surface area contributed by atoms with Crippen molar-refractivity contribution < 1.29 is 32.2 Å². The van der Waals surface area contributed by atoms with Gasteiger partial charge in [0.1, 0.15) is 0 Å². The molecule has 31 heavy (non-hydrogen) atoms. The second kappa shape index (κ2) is 9.32. The number of halogens is 3. The molecule has 0 N–H and O–H groups in total. The molecule has 1 fully saturated rings. The van der Waals surface area contributed by atoms with Crippen LogP contribution in [-0.2, 0) is 17.5 Å². The number of hydrogen-bond donors (Lipinski definition) is 0. The first-order valence-electron chi connectivity index (χ1n) is 9.71. The first kappa shape index (κ1) is 22.5. The minimum absolute atomic E-state index is 0.0967. The van der Waals surface area contributed by atoms with Gasteiger partial charge >= 0.3 is 6.18 Å². The van der Waals surface area contributed by atoms with Crippen LogP contribution in [0.1, 0.15) is 29.5 Å². The Bertz CT molecular complexity index is 925. The number of carbonyl (C=O) groups is 1. The highest BCUT2D eigenvalue weighted by molar-refractivity contribution is 5.92. The van der Waals surface area contributed by atoms with Crippen molar-refractivity contribution in [2.75, 3.05) is 21.3 Å². The molecule has 1 saturated carbocycles. The number of hydrogen-bond acceptors (Lipinski definition) is 4. The van der Waals surface area contributed by atoms with Gasteiger partial charge in [0.05, 0.1) is 26.9 Å². The number of rotatable bonds is 8. The molecule has 8 heteroatoms. The average Bonchev–Trinajstić information content (AvgIpc) is 3.59. The Morgan fingerprint density at radius 3 is 2.06 bits per heavy atom. The van der Waals surface area contributed by atoms with Crippen LogP contribution in [0, 0.1) is 0 Å². The number of amides is 1. The van der Waals surface area contributed by atoms with E-state index in [4.69, 9.17) is 14.2 Å². The predicted octanol–water partition coefficient (Wildman–Crippen LogP) is 4.94. The van der Waals surface area contributed by atoms with Crippen molar-refractivity contribution in [1.82, 2.24) is 4.90 Å². The van der Waals surface area contributed by atoms with Gasteiger partial charge in [-0.05, 0) is 54.3 Å². The van der Waals surface area contributed by atoms with Crippen LogP contribution in [0.15, 0.2) is 42.5 Å². The van der Waals surface area contributed by atoms with Gasteiger partial charge in [-0.3, -0.25) is 4.79 Å². The van der Waals surface area contributed by atoms with Crippen LogP contribution in [0.3, 0.4) is 0 Å². The van der Waals surface area contributed by atoms with Crippen LogP contribution in [0.5, 0.6) is 17.2 Å². The zero-order valence-corrected chi connectivity index (χ0v) is 17.5. The van der Waals surface area contributed by atoms with E-state index in [0.717, 1.165) is 25.0 Å². The fourth-order valence-electron chi connectivity index (χ4n) is 3.23. The third-order valence-electron chi connectivity index (χ3n) is 5.01. The lowest BCUT2D eigenvalue weighted by Gasteiger charge is -2.21. The highest BCUT2D eigenvalue weighted by Gasteiger charge is 2.32. The van der Waals surface area contributed by atoms with Crippen LogP contribution < -0.4 is 14.2 Å². The van der Waals surface area contributed by atoms with E-state index < -0.39 is 11.7 Å². The predicted molar refractivity (Wildman–Crippen MR) is 110 cm³/mol. The van der Waals surface area contributed by atoms with Gasteiger partial charge in [0.25, 0.3) is 0 Å². The van der Waals surface area contributed by atoms with Crippen molar-refractivity contribution in [2.24, 2.45) is 0 Å². The Morgan fingerprint density at radius 1 is 1.03 bits per heavy atom. The fraction of sp³-hybridized carbons (Fsp3) is 0.348. The lowest BCUT2D eigenvalue weighted by Crippen LogP contribution is -2.31. The van der Waals surface area contributed by atoms with Crippen molar-refractivity contribution in [3.8, 4) is 17.2 Å². The molecule has 0 heterocycles. The molecule has 2 aromatic rings. The van der Waals surface area contributed by atoms with Crippen molar-refractivity contribution in [1.29, 1.82) is 0 Å². The summed E-state index contributed by atoms with van der Waals surface area (Å²) >= 11 is 0. The zero-order valence-electron chi connectivity index (χ0n) is 17.5. The molecule has 0 radical (unpaired) electrons. The van der Waals surface area contributed by atoms with Crippen molar-refractivity contribution >= 4 is 12.0 Å². The van der Waals surface area contributed by atoms with E-state index in [1.807, 2.05) is 0 Å². The number of ether oxygens (including phenoxy) is 3. The van der Waals surface area contributed by atoms with E-state index in [9.17, 15) is 18.0 Å². The normalized spacial score (nSPS) is 13.9. The summed E-state index contributed by atoms with van der Waals surface area (Å²) in [5.41, 5.74) is 0.630. The van der Waals surface area contributed by atoms with Crippen molar-refractivity contribution in [3.05, 3.63) is 59.2 Å². The highest BCUT2D eigenvalue weighted by atomic mass is 19.4. The van der Waals surface area contributed by atoms with Crippen LogP contribution in [-0.4, -0.2) is 38.2 Å². The number of nitrogens with zero attached hydrogens (tertiary/aromatic N) is 1.